The number of hydrogen-bond donors (Lipinski definition) is 1. The van der Waals surface area contributed by atoms with Crippen molar-refractivity contribution in [3.63, 3.8) is 0 Å². The van der Waals surface area contributed by atoms with Crippen LogP contribution in [-0.4, -0.2) is 15.8 Å². The lowest BCUT2D eigenvalue weighted by Crippen LogP contribution is -2.09. The molecule has 0 amide bonds. The Morgan fingerprint density at radius 2 is 2.21 bits per heavy atom. The summed E-state index contributed by atoms with van der Waals surface area (Å²) in [7, 11) is 0. The Morgan fingerprint density at radius 3 is 2.64 bits per heavy atom. The molecule has 0 radical (unpaired) electrons. The van der Waals surface area contributed by atoms with Crippen LogP contribution in [0.25, 0.3) is 0 Å². The molecule has 0 fully saturated rings. The number of unbranched alkanes of at least 4 members (excludes halogenated alkanes) is 1. The minimum absolute atomic E-state index is 0.263. The van der Waals surface area contributed by atoms with Crippen molar-refractivity contribution in [2.75, 3.05) is 0 Å². The molecular weight excluding hydrogens is 186 g/mol. The lowest BCUT2D eigenvalue weighted by atomic mass is 10.2. The van der Waals surface area contributed by atoms with Gasteiger partial charge in [0.05, 0.1) is 12.2 Å². The van der Waals surface area contributed by atoms with Crippen molar-refractivity contribution in [2.24, 2.45) is 0 Å². The van der Waals surface area contributed by atoms with Gasteiger partial charge in [0.1, 0.15) is 0 Å². The smallest absolute Gasteiger partial charge is 0.372 e. The molecule has 0 bridgehead atoms. The van der Waals surface area contributed by atoms with Crippen molar-refractivity contribution >= 4 is 5.97 Å². The Balaban J connectivity index is 3.04. The number of carboxylic acid groups (broad SMARTS) is 1. The third-order valence-electron chi connectivity index (χ3n) is 2.06. The number of hydrogen-bond acceptors (Lipinski definition) is 3. The zero-order valence-electron chi connectivity index (χ0n) is 8.24. The van der Waals surface area contributed by atoms with E-state index in [0.29, 0.717) is 12.2 Å². The fourth-order valence-corrected chi connectivity index (χ4v) is 1.24. The lowest BCUT2D eigenvalue weighted by Gasteiger charge is -2.00. The highest BCUT2D eigenvalue weighted by Crippen LogP contribution is 2.06. The van der Waals surface area contributed by atoms with Gasteiger partial charge in [0.25, 0.3) is 0 Å². The van der Waals surface area contributed by atoms with Crippen molar-refractivity contribution in [2.45, 2.75) is 33.2 Å². The van der Waals surface area contributed by atoms with Crippen molar-refractivity contribution in [1.82, 2.24) is 4.74 Å². The number of nitrogens with zero attached hydrogens (tertiary/aromatic N) is 1. The molecule has 5 nitrogen and oxygen atoms in total. The molecule has 1 N–H and O–H groups in total. The molecule has 14 heavy (non-hydrogen) atoms. The third-order valence-corrected chi connectivity index (χ3v) is 2.06. The molecule has 0 aromatic carbocycles. The predicted octanol–water partition coefficient (Wildman–Crippen LogP) is 1.25. The van der Waals surface area contributed by atoms with Gasteiger partial charge in [-0.2, -0.15) is 0 Å². The molecule has 78 valence electrons. The van der Waals surface area contributed by atoms with Gasteiger partial charge in [-0.25, -0.2) is 14.3 Å². The minimum Gasteiger partial charge on any atom is -0.477 e. The fraction of sp³-hybridized carbons (Fsp3) is 0.556. The molecular formula is C9H13NO4. The second-order valence-electron chi connectivity index (χ2n) is 3.10. The highest BCUT2D eigenvalue weighted by atomic mass is 16.5. The minimum atomic E-state index is -1.23. The summed E-state index contributed by atoms with van der Waals surface area (Å²) in [5.41, 5.74) is -0.650. The average molecular weight is 199 g/mol. The molecule has 1 aromatic heterocycles. The summed E-state index contributed by atoms with van der Waals surface area (Å²) in [4.78, 5) is 21.8. The van der Waals surface area contributed by atoms with Gasteiger partial charge in [-0.15, -0.1) is 0 Å². The quantitative estimate of drug-likeness (QED) is 0.792. The molecule has 5 heteroatoms. The Kier molecular flexibility index (Phi) is 3.11. The molecule has 0 aliphatic rings. The Hall–Kier alpha value is -1.52. The summed E-state index contributed by atoms with van der Waals surface area (Å²) in [5.74, 6) is -1.23. The lowest BCUT2D eigenvalue weighted by molar-refractivity contribution is 0.0693. The van der Waals surface area contributed by atoms with Crippen LogP contribution in [0, 0.1) is 6.92 Å². The summed E-state index contributed by atoms with van der Waals surface area (Å²) in [6.45, 7) is 4.13. The zero-order chi connectivity index (χ0) is 10.7. The van der Waals surface area contributed by atoms with Crippen LogP contribution in [0.1, 0.15) is 35.8 Å². The van der Waals surface area contributed by atoms with E-state index in [9.17, 15) is 9.59 Å². The van der Waals surface area contributed by atoms with Crippen molar-refractivity contribution in [1.29, 1.82) is 0 Å². The van der Waals surface area contributed by atoms with Crippen molar-refractivity contribution < 1.29 is 14.4 Å². The highest BCUT2D eigenvalue weighted by molar-refractivity contribution is 5.88. The topological polar surface area (TPSA) is 72.4 Å². The van der Waals surface area contributed by atoms with Gasteiger partial charge in [-0.3, -0.25) is 0 Å². The van der Waals surface area contributed by atoms with E-state index in [0.717, 1.165) is 12.8 Å². The van der Waals surface area contributed by atoms with Crippen LogP contribution in [0.3, 0.4) is 0 Å². The van der Waals surface area contributed by atoms with E-state index < -0.39 is 11.6 Å². The monoisotopic (exact) mass is 199 g/mol. The van der Waals surface area contributed by atoms with Crippen LogP contribution < -0.4 is 5.63 Å². The van der Waals surface area contributed by atoms with Gasteiger partial charge in [0.15, 0.2) is 5.56 Å². The molecule has 0 unspecified atom stereocenters. The number of aromatic nitrogens is 1. The first-order chi connectivity index (χ1) is 6.57. The normalized spacial score (nSPS) is 10.4. The van der Waals surface area contributed by atoms with E-state index in [1.54, 1.807) is 6.92 Å². The van der Waals surface area contributed by atoms with Crippen LogP contribution in [-0.2, 0) is 6.54 Å². The molecule has 0 spiro atoms. The largest absolute Gasteiger partial charge is 0.477 e. The van der Waals surface area contributed by atoms with E-state index in [1.807, 2.05) is 6.92 Å². The van der Waals surface area contributed by atoms with Gasteiger partial charge in [-0.05, 0) is 13.3 Å². The first-order valence-electron chi connectivity index (χ1n) is 4.52. The SMILES string of the molecule is CCCCn1oc(=O)c(C(=O)O)c1C. The summed E-state index contributed by atoms with van der Waals surface area (Å²) in [6.07, 6.45) is 1.82. The maximum atomic E-state index is 11.1. The summed E-state index contributed by atoms with van der Waals surface area (Å²) < 4.78 is 6.13. The van der Waals surface area contributed by atoms with E-state index in [2.05, 4.69) is 0 Å². The molecule has 1 heterocycles. The van der Waals surface area contributed by atoms with Crippen LogP contribution in [0.5, 0.6) is 0 Å². The number of carbonyl (C=O) groups is 1. The highest BCUT2D eigenvalue weighted by Gasteiger charge is 2.19. The number of aromatic carboxylic acids is 1. The van der Waals surface area contributed by atoms with Crippen LogP contribution >= 0.6 is 0 Å². The predicted molar refractivity (Wildman–Crippen MR) is 49.6 cm³/mol. The molecule has 0 aliphatic heterocycles. The van der Waals surface area contributed by atoms with E-state index in [4.69, 9.17) is 9.63 Å². The van der Waals surface area contributed by atoms with Gasteiger partial charge < -0.3 is 9.63 Å². The average Bonchev–Trinajstić information content (AvgIpc) is 2.38. The maximum absolute atomic E-state index is 11.1. The first-order valence-corrected chi connectivity index (χ1v) is 4.52. The molecule has 1 aromatic rings. The second kappa shape index (κ2) is 4.13. The molecule has 0 atom stereocenters. The Bertz CT molecular complexity index is 388. The molecule has 0 aliphatic carbocycles. The number of carboxylic acids is 1. The maximum Gasteiger partial charge on any atom is 0.372 e. The summed E-state index contributed by atoms with van der Waals surface area (Å²) in [6, 6.07) is 0. The molecule has 1 rings (SSSR count). The number of rotatable bonds is 4. The Labute approximate surface area is 80.9 Å². The van der Waals surface area contributed by atoms with Crippen LogP contribution in [0.4, 0.5) is 0 Å². The number of aryl methyl sites for hydroxylation is 1. The van der Waals surface area contributed by atoms with Gasteiger partial charge >= 0.3 is 11.6 Å². The van der Waals surface area contributed by atoms with E-state index in [-0.39, 0.29) is 5.56 Å². The van der Waals surface area contributed by atoms with Gasteiger partial charge in [0.2, 0.25) is 0 Å². The Morgan fingerprint density at radius 1 is 1.57 bits per heavy atom. The summed E-state index contributed by atoms with van der Waals surface area (Å²) in [5, 5.41) is 8.71. The van der Waals surface area contributed by atoms with Gasteiger partial charge in [-0.1, -0.05) is 13.3 Å². The van der Waals surface area contributed by atoms with Gasteiger partial charge in [0, 0.05) is 0 Å². The first kappa shape index (κ1) is 10.6. The van der Waals surface area contributed by atoms with Crippen LogP contribution in [0.15, 0.2) is 9.32 Å². The summed E-state index contributed by atoms with van der Waals surface area (Å²) >= 11 is 0. The standard InChI is InChI=1S/C9H13NO4/c1-3-4-5-10-6(2)7(8(11)12)9(13)14-10/h3-5H2,1-2H3,(H,11,12). The van der Waals surface area contributed by atoms with Crippen LogP contribution in [0.2, 0.25) is 0 Å². The van der Waals surface area contributed by atoms with E-state index in [1.165, 1.54) is 4.74 Å². The van der Waals surface area contributed by atoms with Crippen molar-refractivity contribution in [3.8, 4) is 0 Å². The van der Waals surface area contributed by atoms with E-state index >= 15 is 0 Å². The third kappa shape index (κ3) is 1.86. The zero-order valence-corrected chi connectivity index (χ0v) is 8.24. The fourth-order valence-electron chi connectivity index (χ4n) is 1.24. The molecule has 0 saturated carbocycles. The molecule has 0 saturated heterocycles. The second-order valence-corrected chi connectivity index (χ2v) is 3.10. The van der Waals surface area contributed by atoms with Crippen molar-refractivity contribution in [3.05, 3.63) is 21.7 Å².